The molecule has 5 nitrogen and oxygen atoms in total. The number of hydrogen-bond donors (Lipinski definition) is 1. The Kier molecular flexibility index (Phi) is 5.84. The highest BCUT2D eigenvalue weighted by Gasteiger charge is 2.23. The Morgan fingerprint density at radius 1 is 0.852 bits per heavy atom. The zero-order valence-corrected chi connectivity index (χ0v) is 14.8. The number of nitrogens with one attached hydrogen (secondary N) is 1. The average Bonchev–Trinajstić information content (AvgIpc) is 2.73. The maximum Gasteiger partial charge on any atom is 0.337 e. The number of carbonyl (C=O) groups excluding carboxylic acids is 2. The van der Waals surface area contributed by atoms with E-state index in [4.69, 9.17) is 9.47 Å². The van der Waals surface area contributed by atoms with Crippen molar-refractivity contribution in [1.29, 1.82) is 0 Å². The first-order valence-corrected chi connectivity index (χ1v) is 8.43. The van der Waals surface area contributed by atoms with Crippen LogP contribution >= 0.6 is 0 Å². The molecule has 27 heavy (non-hydrogen) atoms. The summed E-state index contributed by atoms with van der Waals surface area (Å²) in [5.41, 5.74) is 1.57. The van der Waals surface area contributed by atoms with Crippen LogP contribution in [0.2, 0.25) is 0 Å². The van der Waals surface area contributed by atoms with Crippen molar-refractivity contribution in [2.45, 2.75) is 6.10 Å². The van der Waals surface area contributed by atoms with E-state index in [0.717, 1.165) is 5.56 Å². The first-order chi connectivity index (χ1) is 13.2. The number of ether oxygens (including phenoxy) is 2. The standard InChI is InChI=1S/C22H19NO4/c1-26-22(25)17-11-8-12-18(15-17)23-21(24)20(16-9-4-2-5-10-16)27-19-13-6-3-7-14-19/h2-15,20H,1H3,(H,23,24). The van der Waals surface area contributed by atoms with E-state index < -0.39 is 12.1 Å². The number of hydrogen-bond acceptors (Lipinski definition) is 4. The summed E-state index contributed by atoms with van der Waals surface area (Å²) in [6.07, 6.45) is -0.838. The second kappa shape index (κ2) is 8.67. The van der Waals surface area contributed by atoms with Crippen molar-refractivity contribution < 1.29 is 19.1 Å². The molecule has 0 aliphatic carbocycles. The van der Waals surface area contributed by atoms with Gasteiger partial charge in [-0.05, 0) is 30.3 Å². The van der Waals surface area contributed by atoms with Gasteiger partial charge in [-0.1, -0.05) is 54.6 Å². The Balaban J connectivity index is 1.84. The largest absolute Gasteiger partial charge is 0.476 e. The van der Waals surface area contributed by atoms with Gasteiger partial charge >= 0.3 is 5.97 Å². The molecule has 0 heterocycles. The van der Waals surface area contributed by atoms with Gasteiger partial charge in [0.05, 0.1) is 12.7 Å². The van der Waals surface area contributed by atoms with Crippen LogP contribution in [0.1, 0.15) is 22.0 Å². The number of benzene rings is 3. The van der Waals surface area contributed by atoms with Crippen LogP contribution in [0.25, 0.3) is 0 Å². The van der Waals surface area contributed by atoms with Crippen molar-refractivity contribution in [1.82, 2.24) is 0 Å². The zero-order chi connectivity index (χ0) is 19.1. The van der Waals surface area contributed by atoms with Crippen molar-refractivity contribution in [2.24, 2.45) is 0 Å². The van der Waals surface area contributed by atoms with Crippen molar-refractivity contribution in [3.8, 4) is 5.75 Å². The molecule has 1 amide bonds. The second-order valence-electron chi connectivity index (χ2n) is 5.78. The highest BCUT2D eigenvalue weighted by molar-refractivity contribution is 5.97. The van der Waals surface area contributed by atoms with E-state index in [1.54, 1.807) is 36.4 Å². The highest BCUT2D eigenvalue weighted by atomic mass is 16.5. The lowest BCUT2D eigenvalue weighted by Gasteiger charge is -2.19. The fraction of sp³-hybridized carbons (Fsp3) is 0.0909. The first kappa shape index (κ1) is 18.2. The van der Waals surface area contributed by atoms with Crippen LogP contribution in [0.4, 0.5) is 5.69 Å². The van der Waals surface area contributed by atoms with Crippen molar-refractivity contribution in [3.05, 3.63) is 96.1 Å². The van der Waals surface area contributed by atoms with Gasteiger partial charge < -0.3 is 14.8 Å². The molecule has 0 fully saturated rings. The van der Waals surface area contributed by atoms with Crippen LogP contribution in [0.5, 0.6) is 5.75 Å². The maximum atomic E-state index is 12.9. The lowest BCUT2D eigenvalue weighted by atomic mass is 10.1. The lowest BCUT2D eigenvalue weighted by Crippen LogP contribution is -2.25. The Labute approximate surface area is 157 Å². The van der Waals surface area contributed by atoms with Gasteiger partial charge in [-0.15, -0.1) is 0 Å². The van der Waals surface area contributed by atoms with Gasteiger partial charge in [0.2, 0.25) is 6.10 Å². The fourth-order valence-corrected chi connectivity index (χ4v) is 2.59. The van der Waals surface area contributed by atoms with Crippen LogP contribution in [-0.4, -0.2) is 19.0 Å². The molecule has 0 aromatic heterocycles. The number of rotatable bonds is 6. The van der Waals surface area contributed by atoms with Gasteiger partial charge in [-0.2, -0.15) is 0 Å². The molecule has 0 saturated carbocycles. The molecule has 136 valence electrons. The minimum absolute atomic E-state index is 0.341. The third-order valence-electron chi connectivity index (χ3n) is 3.89. The van der Waals surface area contributed by atoms with Gasteiger partial charge in [0, 0.05) is 11.3 Å². The topological polar surface area (TPSA) is 64.6 Å². The van der Waals surface area contributed by atoms with E-state index in [1.165, 1.54) is 7.11 Å². The molecule has 1 atom stereocenters. The Morgan fingerprint density at radius 2 is 1.52 bits per heavy atom. The number of carbonyl (C=O) groups is 2. The van der Waals surface area contributed by atoms with Crippen LogP contribution in [-0.2, 0) is 9.53 Å². The molecule has 1 unspecified atom stereocenters. The van der Waals surface area contributed by atoms with E-state index in [-0.39, 0.29) is 5.91 Å². The number of amides is 1. The predicted molar refractivity (Wildman–Crippen MR) is 103 cm³/mol. The Bertz CT molecular complexity index is 910. The van der Waals surface area contributed by atoms with E-state index >= 15 is 0 Å². The smallest absolute Gasteiger partial charge is 0.337 e. The molecule has 3 aromatic rings. The summed E-state index contributed by atoms with van der Waals surface area (Å²) in [5.74, 6) is -0.219. The summed E-state index contributed by atoms with van der Waals surface area (Å²) in [5, 5.41) is 2.81. The summed E-state index contributed by atoms with van der Waals surface area (Å²) in [4.78, 5) is 24.6. The molecule has 0 spiro atoms. The summed E-state index contributed by atoms with van der Waals surface area (Å²) >= 11 is 0. The van der Waals surface area contributed by atoms with E-state index in [9.17, 15) is 9.59 Å². The van der Waals surface area contributed by atoms with E-state index in [2.05, 4.69) is 5.32 Å². The molecule has 5 heteroatoms. The Hall–Kier alpha value is -3.60. The van der Waals surface area contributed by atoms with Crippen molar-refractivity contribution in [2.75, 3.05) is 12.4 Å². The highest BCUT2D eigenvalue weighted by Crippen LogP contribution is 2.24. The molecule has 0 aliphatic heterocycles. The molecule has 1 N–H and O–H groups in total. The lowest BCUT2D eigenvalue weighted by molar-refractivity contribution is -0.123. The third kappa shape index (κ3) is 4.73. The summed E-state index contributed by atoms with van der Waals surface area (Å²) in [7, 11) is 1.31. The van der Waals surface area contributed by atoms with Crippen molar-refractivity contribution in [3.63, 3.8) is 0 Å². The van der Waals surface area contributed by atoms with Gasteiger partial charge in [-0.25, -0.2) is 4.79 Å². The van der Waals surface area contributed by atoms with Gasteiger partial charge in [0.15, 0.2) is 0 Å². The SMILES string of the molecule is COC(=O)c1cccc(NC(=O)C(Oc2ccccc2)c2ccccc2)c1. The molecule has 0 bridgehead atoms. The monoisotopic (exact) mass is 361 g/mol. The molecule has 0 radical (unpaired) electrons. The minimum atomic E-state index is -0.838. The molecular formula is C22H19NO4. The first-order valence-electron chi connectivity index (χ1n) is 8.43. The van der Waals surface area contributed by atoms with Crippen LogP contribution in [0.15, 0.2) is 84.9 Å². The third-order valence-corrected chi connectivity index (χ3v) is 3.89. The van der Waals surface area contributed by atoms with E-state index in [0.29, 0.717) is 17.0 Å². The van der Waals surface area contributed by atoms with Crippen LogP contribution < -0.4 is 10.1 Å². The number of methoxy groups -OCH3 is 1. The number of para-hydroxylation sites is 1. The summed E-state index contributed by atoms with van der Waals surface area (Å²) < 4.78 is 10.6. The quantitative estimate of drug-likeness (QED) is 0.667. The van der Waals surface area contributed by atoms with Gasteiger partial charge in [0.25, 0.3) is 5.91 Å². The average molecular weight is 361 g/mol. The second-order valence-corrected chi connectivity index (χ2v) is 5.78. The Morgan fingerprint density at radius 3 is 2.19 bits per heavy atom. The van der Waals surface area contributed by atoms with Crippen LogP contribution in [0.3, 0.4) is 0 Å². The molecule has 3 aromatic carbocycles. The summed E-state index contributed by atoms with van der Waals surface area (Å²) in [6.45, 7) is 0. The zero-order valence-electron chi connectivity index (χ0n) is 14.8. The van der Waals surface area contributed by atoms with Crippen LogP contribution in [0, 0.1) is 0 Å². The maximum absolute atomic E-state index is 12.9. The van der Waals surface area contributed by atoms with Gasteiger partial charge in [-0.3, -0.25) is 4.79 Å². The fourth-order valence-electron chi connectivity index (χ4n) is 2.59. The molecule has 3 rings (SSSR count). The van der Waals surface area contributed by atoms with Crippen molar-refractivity contribution >= 4 is 17.6 Å². The minimum Gasteiger partial charge on any atom is -0.476 e. The predicted octanol–water partition coefficient (Wildman–Crippen LogP) is 4.23. The molecule has 0 saturated heterocycles. The van der Waals surface area contributed by atoms with Gasteiger partial charge in [0.1, 0.15) is 5.75 Å². The number of esters is 1. The molecular weight excluding hydrogens is 342 g/mol. The number of anilines is 1. The summed E-state index contributed by atoms with van der Waals surface area (Å²) in [6, 6.07) is 25.0. The van der Waals surface area contributed by atoms with E-state index in [1.807, 2.05) is 48.5 Å². The normalized spacial score (nSPS) is 11.3. The molecule has 0 aliphatic rings.